The minimum absolute atomic E-state index is 0.0457. The number of amides is 2. The molecule has 5 heteroatoms. The zero-order valence-corrected chi connectivity index (χ0v) is 12.2. The average Bonchev–Trinajstić information content (AvgIpc) is 3.13. The zero-order chi connectivity index (χ0) is 14.8. The predicted molar refractivity (Wildman–Crippen MR) is 79.5 cm³/mol. The van der Waals surface area contributed by atoms with Gasteiger partial charge in [0.2, 0.25) is 5.91 Å². The lowest BCUT2D eigenvalue weighted by atomic mass is 10.1. The van der Waals surface area contributed by atoms with Crippen LogP contribution < -0.4 is 10.2 Å². The quantitative estimate of drug-likeness (QED) is 0.917. The van der Waals surface area contributed by atoms with Crippen molar-refractivity contribution in [2.75, 3.05) is 24.6 Å². The number of benzene rings is 1. The normalized spacial score (nSPS) is 20.4. The van der Waals surface area contributed by atoms with Gasteiger partial charge in [-0.3, -0.25) is 9.59 Å². The van der Waals surface area contributed by atoms with E-state index in [2.05, 4.69) is 5.32 Å². The molecule has 1 aromatic rings. The van der Waals surface area contributed by atoms with Gasteiger partial charge < -0.3 is 15.0 Å². The molecule has 0 bridgehead atoms. The van der Waals surface area contributed by atoms with Crippen molar-refractivity contribution in [1.29, 1.82) is 0 Å². The maximum atomic E-state index is 12.2. The summed E-state index contributed by atoms with van der Waals surface area (Å²) in [5, 5.41) is 2.92. The van der Waals surface area contributed by atoms with Gasteiger partial charge >= 0.3 is 0 Å². The molecule has 2 heterocycles. The molecule has 21 heavy (non-hydrogen) atoms. The molecule has 0 aromatic heterocycles. The van der Waals surface area contributed by atoms with Crippen molar-refractivity contribution in [2.24, 2.45) is 0 Å². The lowest BCUT2D eigenvalue weighted by Gasteiger charge is -2.15. The topological polar surface area (TPSA) is 58.6 Å². The number of nitrogens with zero attached hydrogens (tertiary/aromatic N) is 1. The summed E-state index contributed by atoms with van der Waals surface area (Å²) in [5.41, 5.74) is 2.64. The lowest BCUT2D eigenvalue weighted by molar-refractivity contribution is -0.116. The van der Waals surface area contributed by atoms with Crippen LogP contribution in [0.5, 0.6) is 0 Å². The van der Waals surface area contributed by atoms with Crippen LogP contribution in [0.4, 0.5) is 5.69 Å². The van der Waals surface area contributed by atoms with Gasteiger partial charge in [-0.1, -0.05) is 0 Å². The van der Waals surface area contributed by atoms with Gasteiger partial charge in [-0.25, -0.2) is 0 Å². The maximum Gasteiger partial charge on any atom is 0.251 e. The van der Waals surface area contributed by atoms with E-state index in [1.807, 2.05) is 12.1 Å². The Bertz CT molecular complexity index is 565. The van der Waals surface area contributed by atoms with Crippen molar-refractivity contribution in [2.45, 2.75) is 32.3 Å². The van der Waals surface area contributed by atoms with E-state index in [1.165, 1.54) is 0 Å². The monoisotopic (exact) mass is 288 g/mol. The summed E-state index contributed by atoms with van der Waals surface area (Å²) in [5.74, 6) is -0.0288. The number of carbonyl (C=O) groups excluding carboxylic acids is 2. The first-order valence-electron chi connectivity index (χ1n) is 7.46. The van der Waals surface area contributed by atoms with Gasteiger partial charge in [-0.05, 0) is 43.0 Å². The number of ether oxygens (including phenoxy) is 1. The van der Waals surface area contributed by atoms with Crippen molar-refractivity contribution in [1.82, 2.24) is 5.32 Å². The van der Waals surface area contributed by atoms with E-state index in [0.717, 1.165) is 37.1 Å². The van der Waals surface area contributed by atoms with Crippen LogP contribution in [0.25, 0.3) is 0 Å². The van der Waals surface area contributed by atoms with Gasteiger partial charge in [0.15, 0.2) is 0 Å². The van der Waals surface area contributed by atoms with Crippen LogP contribution in [-0.2, 0) is 16.0 Å². The fraction of sp³-hybridized carbons (Fsp3) is 0.500. The number of hydrogen-bond acceptors (Lipinski definition) is 3. The molecular formula is C16H20N2O3. The smallest absolute Gasteiger partial charge is 0.251 e. The molecule has 1 saturated heterocycles. The number of rotatable bonds is 3. The van der Waals surface area contributed by atoms with Gasteiger partial charge in [0.1, 0.15) is 0 Å². The fourth-order valence-corrected chi connectivity index (χ4v) is 2.98. The van der Waals surface area contributed by atoms with Crippen molar-refractivity contribution in [3.05, 3.63) is 29.3 Å². The Balaban J connectivity index is 1.66. The van der Waals surface area contributed by atoms with Crippen molar-refractivity contribution < 1.29 is 14.3 Å². The molecule has 0 radical (unpaired) electrons. The highest BCUT2D eigenvalue weighted by atomic mass is 16.5. The average molecular weight is 288 g/mol. The number of hydrogen-bond donors (Lipinski definition) is 1. The van der Waals surface area contributed by atoms with E-state index >= 15 is 0 Å². The van der Waals surface area contributed by atoms with Gasteiger partial charge in [-0.2, -0.15) is 0 Å². The minimum atomic E-state index is -0.0745. The Morgan fingerprint density at radius 1 is 1.43 bits per heavy atom. The number of fused-ring (bicyclic) bond motifs is 1. The molecule has 0 saturated carbocycles. The van der Waals surface area contributed by atoms with Gasteiger partial charge in [-0.15, -0.1) is 0 Å². The highest BCUT2D eigenvalue weighted by Gasteiger charge is 2.23. The van der Waals surface area contributed by atoms with Crippen molar-refractivity contribution >= 4 is 17.5 Å². The van der Waals surface area contributed by atoms with E-state index in [1.54, 1.807) is 17.9 Å². The van der Waals surface area contributed by atoms with Gasteiger partial charge in [0.05, 0.1) is 6.10 Å². The van der Waals surface area contributed by atoms with Gasteiger partial charge in [0, 0.05) is 37.9 Å². The second-order valence-electron chi connectivity index (χ2n) is 5.61. The molecule has 1 fully saturated rings. The van der Waals surface area contributed by atoms with Crippen molar-refractivity contribution in [3.8, 4) is 0 Å². The first-order valence-corrected chi connectivity index (χ1v) is 7.46. The highest BCUT2D eigenvalue weighted by Crippen LogP contribution is 2.28. The number of anilines is 1. The molecular weight excluding hydrogens is 268 g/mol. The summed E-state index contributed by atoms with van der Waals surface area (Å²) < 4.78 is 5.49. The lowest BCUT2D eigenvalue weighted by Crippen LogP contribution is -2.31. The Morgan fingerprint density at radius 2 is 2.29 bits per heavy atom. The molecule has 2 amide bonds. The Morgan fingerprint density at radius 3 is 3.00 bits per heavy atom. The summed E-state index contributed by atoms with van der Waals surface area (Å²) in [6.07, 6.45) is 3.04. The summed E-state index contributed by atoms with van der Waals surface area (Å²) in [6.45, 7) is 3.62. The number of carbonyl (C=O) groups is 2. The molecule has 112 valence electrons. The van der Waals surface area contributed by atoms with E-state index in [9.17, 15) is 9.59 Å². The molecule has 2 aliphatic rings. The Labute approximate surface area is 124 Å². The summed E-state index contributed by atoms with van der Waals surface area (Å²) in [7, 11) is 0. The summed E-state index contributed by atoms with van der Waals surface area (Å²) >= 11 is 0. The molecule has 5 nitrogen and oxygen atoms in total. The largest absolute Gasteiger partial charge is 0.376 e. The molecule has 3 rings (SSSR count). The van der Waals surface area contributed by atoms with Crippen LogP contribution in [0.15, 0.2) is 18.2 Å². The van der Waals surface area contributed by atoms with Crippen LogP contribution >= 0.6 is 0 Å². The van der Waals surface area contributed by atoms with E-state index in [-0.39, 0.29) is 17.9 Å². The standard InChI is InChI=1S/C16H20N2O3/c1-11(19)18-7-6-12-9-13(4-5-15(12)18)16(20)17-10-14-3-2-8-21-14/h4-5,9,14H,2-3,6-8,10H2,1H3,(H,17,20). The van der Waals surface area contributed by atoms with E-state index in [0.29, 0.717) is 18.7 Å². The van der Waals surface area contributed by atoms with Crippen LogP contribution in [-0.4, -0.2) is 37.6 Å². The van der Waals surface area contributed by atoms with Crippen molar-refractivity contribution in [3.63, 3.8) is 0 Å². The highest BCUT2D eigenvalue weighted by molar-refractivity contribution is 5.97. The molecule has 1 N–H and O–H groups in total. The first kappa shape index (κ1) is 14.1. The van der Waals surface area contributed by atoms with E-state index in [4.69, 9.17) is 4.74 Å². The third-order valence-corrected chi connectivity index (χ3v) is 4.13. The van der Waals surface area contributed by atoms with Crippen LogP contribution in [0.1, 0.15) is 35.7 Å². The van der Waals surface area contributed by atoms with Crippen LogP contribution in [0.3, 0.4) is 0 Å². The SMILES string of the molecule is CC(=O)N1CCc2cc(C(=O)NCC3CCCO3)ccc21. The minimum Gasteiger partial charge on any atom is -0.376 e. The summed E-state index contributed by atoms with van der Waals surface area (Å²) in [6, 6.07) is 5.54. The number of nitrogens with one attached hydrogen (secondary N) is 1. The molecule has 1 atom stereocenters. The second-order valence-corrected chi connectivity index (χ2v) is 5.61. The predicted octanol–water partition coefficient (Wildman–Crippen LogP) is 1.50. The fourth-order valence-electron chi connectivity index (χ4n) is 2.98. The Kier molecular flexibility index (Phi) is 3.92. The van der Waals surface area contributed by atoms with Crippen LogP contribution in [0.2, 0.25) is 0 Å². The third-order valence-electron chi connectivity index (χ3n) is 4.13. The molecule has 0 aliphatic carbocycles. The van der Waals surface area contributed by atoms with Gasteiger partial charge in [0.25, 0.3) is 5.91 Å². The second kappa shape index (κ2) is 5.85. The molecule has 1 aromatic carbocycles. The molecule has 2 aliphatic heterocycles. The molecule has 0 spiro atoms. The Hall–Kier alpha value is -1.88. The zero-order valence-electron chi connectivity index (χ0n) is 12.2. The summed E-state index contributed by atoms with van der Waals surface area (Å²) in [4.78, 5) is 25.4. The third kappa shape index (κ3) is 2.93. The first-order chi connectivity index (χ1) is 10.1. The van der Waals surface area contributed by atoms with E-state index < -0.39 is 0 Å². The maximum absolute atomic E-state index is 12.2. The molecule has 1 unspecified atom stereocenters. The van der Waals surface area contributed by atoms with Crippen LogP contribution in [0, 0.1) is 0 Å².